The lowest BCUT2D eigenvalue weighted by molar-refractivity contribution is 0.0996. The van der Waals surface area contributed by atoms with Crippen LogP contribution in [0.1, 0.15) is 21.5 Å². The van der Waals surface area contributed by atoms with Crippen molar-refractivity contribution in [1.82, 2.24) is 0 Å². The van der Waals surface area contributed by atoms with E-state index in [2.05, 4.69) is 0 Å². The van der Waals surface area contributed by atoms with Crippen LogP contribution in [0.4, 0.5) is 5.69 Å². The number of benzene rings is 2. The number of amides is 1. The van der Waals surface area contributed by atoms with Crippen molar-refractivity contribution >= 4 is 23.2 Å². The summed E-state index contributed by atoms with van der Waals surface area (Å²) >= 11 is 6.21. The highest BCUT2D eigenvalue weighted by molar-refractivity contribution is 6.35. The molecular formula is C16H14ClNO2. The molecule has 0 aliphatic carbocycles. The van der Waals surface area contributed by atoms with Gasteiger partial charge < -0.3 is 9.64 Å². The van der Waals surface area contributed by atoms with Crippen LogP contribution in [0, 0.1) is 6.92 Å². The second-order valence-electron chi connectivity index (χ2n) is 4.82. The monoisotopic (exact) mass is 287 g/mol. The van der Waals surface area contributed by atoms with Crippen LogP contribution in [0.2, 0.25) is 5.02 Å². The topological polar surface area (TPSA) is 29.5 Å². The molecule has 0 aromatic heterocycles. The van der Waals surface area contributed by atoms with Crippen LogP contribution < -0.4 is 9.64 Å². The lowest BCUT2D eigenvalue weighted by Gasteiger charge is -2.18. The molecule has 0 N–H and O–H groups in total. The van der Waals surface area contributed by atoms with Crippen molar-refractivity contribution in [2.75, 3.05) is 12.0 Å². The van der Waals surface area contributed by atoms with Crippen LogP contribution in [0.25, 0.3) is 0 Å². The molecule has 1 amide bonds. The molecule has 1 aliphatic rings. The van der Waals surface area contributed by atoms with Crippen LogP contribution in [-0.4, -0.2) is 13.0 Å². The first kappa shape index (κ1) is 13.0. The molecule has 3 rings (SSSR count). The lowest BCUT2D eigenvalue weighted by atomic mass is 10.1. The zero-order chi connectivity index (χ0) is 14.3. The number of carbonyl (C=O) groups excluding carboxylic acids is 1. The van der Waals surface area contributed by atoms with Crippen LogP contribution in [0.5, 0.6) is 5.75 Å². The Balaban J connectivity index is 2.07. The van der Waals surface area contributed by atoms with Gasteiger partial charge in [-0.1, -0.05) is 29.8 Å². The molecular weight excluding hydrogens is 274 g/mol. The van der Waals surface area contributed by atoms with Gasteiger partial charge >= 0.3 is 0 Å². The number of para-hydroxylation sites is 1. The van der Waals surface area contributed by atoms with E-state index in [0.717, 1.165) is 16.8 Å². The molecule has 1 aliphatic heterocycles. The summed E-state index contributed by atoms with van der Waals surface area (Å²) in [5.74, 6) is 0.620. The van der Waals surface area contributed by atoms with Crippen molar-refractivity contribution < 1.29 is 9.53 Å². The molecule has 0 radical (unpaired) electrons. The van der Waals surface area contributed by atoms with Crippen molar-refractivity contribution in [3.63, 3.8) is 0 Å². The fraction of sp³-hybridized carbons (Fsp3) is 0.188. The smallest absolute Gasteiger partial charge is 0.260 e. The van der Waals surface area contributed by atoms with Crippen LogP contribution >= 0.6 is 11.6 Å². The highest BCUT2D eigenvalue weighted by Gasteiger charge is 2.31. The number of hydrogen-bond donors (Lipinski definition) is 0. The van der Waals surface area contributed by atoms with Crippen molar-refractivity contribution in [1.29, 1.82) is 0 Å². The zero-order valence-corrected chi connectivity index (χ0v) is 12.1. The molecule has 0 atom stereocenters. The second kappa shape index (κ2) is 4.84. The molecule has 2 aromatic carbocycles. The number of aryl methyl sites for hydroxylation is 1. The molecule has 1 heterocycles. The third-order valence-corrected chi connectivity index (χ3v) is 3.87. The molecule has 0 saturated heterocycles. The minimum Gasteiger partial charge on any atom is -0.497 e. The fourth-order valence-corrected chi connectivity index (χ4v) is 2.87. The average Bonchev–Trinajstić information content (AvgIpc) is 2.76. The Kier molecular flexibility index (Phi) is 3.14. The van der Waals surface area contributed by atoms with Crippen LogP contribution in [0.15, 0.2) is 36.4 Å². The number of hydrogen-bond acceptors (Lipinski definition) is 2. The number of nitrogens with zero attached hydrogens (tertiary/aromatic N) is 1. The average molecular weight is 288 g/mol. The van der Waals surface area contributed by atoms with E-state index < -0.39 is 0 Å². The van der Waals surface area contributed by atoms with Gasteiger partial charge in [0.25, 0.3) is 5.91 Å². The summed E-state index contributed by atoms with van der Waals surface area (Å²) in [5, 5.41) is 0.445. The number of fused-ring (bicyclic) bond motifs is 1. The van der Waals surface area contributed by atoms with E-state index in [-0.39, 0.29) is 5.91 Å². The Morgan fingerprint density at radius 3 is 2.70 bits per heavy atom. The molecule has 4 heteroatoms. The summed E-state index contributed by atoms with van der Waals surface area (Å²) < 4.78 is 5.21. The minimum atomic E-state index is -0.0537. The Bertz CT molecular complexity index is 697. The maximum absolute atomic E-state index is 12.6. The van der Waals surface area contributed by atoms with Gasteiger partial charge in [0, 0.05) is 5.69 Å². The van der Waals surface area contributed by atoms with E-state index in [0.29, 0.717) is 22.9 Å². The van der Waals surface area contributed by atoms with Gasteiger partial charge in [0.05, 0.1) is 24.2 Å². The SMILES string of the molecule is COc1cc(Cl)c2c(c1)CN(c1ccccc1C)C2=O. The summed E-state index contributed by atoms with van der Waals surface area (Å²) in [6.07, 6.45) is 0. The standard InChI is InChI=1S/C16H14ClNO2/c1-10-5-3-4-6-14(10)18-9-11-7-12(20-2)8-13(17)15(11)16(18)19/h3-8H,9H2,1-2H3. The van der Waals surface area contributed by atoms with Crippen LogP contribution in [-0.2, 0) is 6.54 Å². The number of rotatable bonds is 2. The van der Waals surface area contributed by atoms with Crippen molar-refractivity contribution in [2.24, 2.45) is 0 Å². The van der Waals surface area contributed by atoms with E-state index in [1.165, 1.54) is 0 Å². The maximum atomic E-state index is 12.6. The third-order valence-electron chi connectivity index (χ3n) is 3.57. The highest BCUT2D eigenvalue weighted by Crippen LogP contribution is 2.36. The summed E-state index contributed by atoms with van der Waals surface area (Å²) in [4.78, 5) is 14.3. The van der Waals surface area contributed by atoms with Gasteiger partial charge in [0.2, 0.25) is 0 Å². The first-order valence-corrected chi connectivity index (χ1v) is 6.73. The molecule has 0 bridgehead atoms. The number of halogens is 1. The quantitative estimate of drug-likeness (QED) is 0.840. The predicted molar refractivity (Wildman–Crippen MR) is 79.7 cm³/mol. The van der Waals surface area contributed by atoms with Crippen molar-refractivity contribution in [3.8, 4) is 5.75 Å². The molecule has 0 unspecified atom stereocenters. The molecule has 20 heavy (non-hydrogen) atoms. The number of ether oxygens (including phenoxy) is 1. The summed E-state index contributed by atoms with van der Waals surface area (Å²) in [7, 11) is 1.59. The second-order valence-corrected chi connectivity index (χ2v) is 5.23. The number of carbonyl (C=O) groups is 1. The van der Waals surface area contributed by atoms with Gasteiger partial charge in [-0.15, -0.1) is 0 Å². The number of anilines is 1. The predicted octanol–water partition coefficient (Wildman–Crippen LogP) is 3.82. The highest BCUT2D eigenvalue weighted by atomic mass is 35.5. The Morgan fingerprint density at radius 1 is 1.25 bits per heavy atom. The minimum absolute atomic E-state index is 0.0537. The molecule has 0 saturated carbocycles. The Labute approximate surface area is 122 Å². The zero-order valence-electron chi connectivity index (χ0n) is 11.3. The fourth-order valence-electron chi connectivity index (χ4n) is 2.56. The van der Waals surface area contributed by atoms with Gasteiger partial charge in [-0.05, 0) is 36.2 Å². The molecule has 2 aromatic rings. The molecule has 0 spiro atoms. The maximum Gasteiger partial charge on any atom is 0.260 e. The molecule has 102 valence electrons. The van der Waals surface area contributed by atoms with Crippen molar-refractivity contribution in [3.05, 3.63) is 58.1 Å². The van der Waals surface area contributed by atoms with E-state index in [9.17, 15) is 4.79 Å². The van der Waals surface area contributed by atoms with Crippen LogP contribution in [0.3, 0.4) is 0 Å². The normalized spacial score (nSPS) is 13.6. The lowest BCUT2D eigenvalue weighted by Crippen LogP contribution is -2.23. The number of methoxy groups -OCH3 is 1. The van der Waals surface area contributed by atoms with E-state index in [1.54, 1.807) is 18.1 Å². The van der Waals surface area contributed by atoms with Gasteiger partial charge in [-0.3, -0.25) is 4.79 Å². The summed E-state index contributed by atoms with van der Waals surface area (Å²) in [5.41, 5.74) is 3.47. The van der Waals surface area contributed by atoms with Gasteiger partial charge in [0.15, 0.2) is 0 Å². The van der Waals surface area contributed by atoms with E-state index in [4.69, 9.17) is 16.3 Å². The summed E-state index contributed by atoms with van der Waals surface area (Å²) in [6.45, 7) is 2.52. The Morgan fingerprint density at radius 2 is 2.00 bits per heavy atom. The van der Waals surface area contributed by atoms with Gasteiger partial charge in [0.1, 0.15) is 5.75 Å². The third kappa shape index (κ3) is 1.95. The van der Waals surface area contributed by atoms with Crippen molar-refractivity contribution in [2.45, 2.75) is 13.5 Å². The first-order chi connectivity index (χ1) is 9.61. The summed E-state index contributed by atoms with van der Waals surface area (Å²) in [6, 6.07) is 11.4. The van der Waals surface area contributed by atoms with E-state index in [1.807, 2.05) is 37.3 Å². The van der Waals surface area contributed by atoms with Gasteiger partial charge in [-0.2, -0.15) is 0 Å². The first-order valence-electron chi connectivity index (χ1n) is 6.35. The largest absolute Gasteiger partial charge is 0.497 e. The van der Waals surface area contributed by atoms with E-state index >= 15 is 0 Å². The molecule has 3 nitrogen and oxygen atoms in total. The van der Waals surface area contributed by atoms with Gasteiger partial charge in [-0.25, -0.2) is 0 Å². The Hall–Kier alpha value is -2.00. The molecule has 0 fully saturated rings.